The molecule has 0 aliphatic carbocycles. The van der Waals surface area contributed by atoms with E-state index in [2.05, 4.69) is 19.9 Å². The van der Waals surface area contributed by atoms with Crippen LogP contribution in [-0.2, 0) is 0 Å². The molecule has 2 N–H and O–H groups in total. The Labute approximate surface area is 117 Å². The Hall–Kier alpha value is -3.10. The predicted octanol–water partition coefficient (Wildman–Crippen LogP) is 1.71. The molecule has 0 aliphatic rings. The van der Waals surface area contributed by atoms with Gasteiger partial charge in [-0.25, -0.2) is 13.8 Å². The molecular weight excluding hydrogens is 282 g/mol. The van der Waals surface area contributed by atoms with Crippen LogP contribution >= 0.6 is 0 Å². The summed E-state index contributed by atoms with van der Waals surface area (Å²) >= 11 is 0. The Bertz CT molecular complexity index is 777. The number of nitrogens with zero attached hydrogens (tertiary/aromatic N) is 5. The molecular formula is C12H8F2N6O. The molecule has 0 bridgehead atoms. The molecule has 0 fully saturated rings. The van der Waals surface area contributed by atoms with Crippen molar-refractivity contribution in [3.8, 4) is 17.7 Å². The van der Waals surface area contributed by atoms with Crippen molar-refractivity contribution in [2.75, 3.05) is 5.73 Å². The molecule has 0 spiro atoms. The van der Waals surface area contributed by atoms with Crippen LogP contribution in [0.15, 0.2) is 36.9 Å². The monoisotopic (exact) mass is 290 g/mol. The smallest absolute Gasteiger partial charge is 0.328 e. The number of halogens is 2. The first-order chi connectivity index (χ1) is 10.1. The SMILES string of the molecule is Nc1nc(Oc2ccc(F)cc2F)nc(-n2ccnc2)n1. The van der Waals surface area contributed by atoms with Crippen LogP contribution in [0.3, 0.4) is 0 Å². The van der Waals surface area contributed by atoms with Crippen LogP contribution in [0.5, 0.6) is 11.8 Å². The first kappa shape index (κ1) is 12.9. The van der Waals surface area contributed by atoms with Gasteiger partial charge >= 0.3 is 6.01 Å². The standard InChI is InChI=1S/C12H8F2N6O/c13-7-1-2-9(8(14)5-7)21-12-18-10(15)17-11(19-12)20-4-3-16-6-20/h1-6H,(H2,15,17,18,19). The van der Waals surface area contributed by atoms with Gasteiger partial charge in [-0.05, 0) is 12.1 Å². The third-order valence-electron chi connectivity index (χ3n) is 2.45. The van der Waals surface area contributed by atoms with Gasteiger partial charge in [0.15, 0.2) is 11.6 Å². The Balaban J connectivity index is 1.95. The van der Waals surface area contributed by atoms with Gasteiger partial charge in [-0.3, -0.25) is 4.57 Å². The molecule has 1 aromatic carbocycles. The van der Waals surface area contributed by atoms with Gasteiger partial charge < -0.3 is 10.5 Å². The van der Waals surface area contributed by atoms with E-state index in [-0.39, 0.29) is 23.7 Å². The molecule has 0 atom stereocenters. The van der Waals surface area contributed by atoms with Gasteiger partial charge in [0.2, 0.25) is 11.9 Å². The highest BCUT2D eigenvalue weighted by molar-refractivity contribution is 5.30. The van der Waals surface area contributed by atoms with Crippen molar-refractivity contribution in [3.05, 3.63) is 48.6 Å². The van der Waals surface area contributed by atoms with Gasteiger partial charge in [0.05, 0.1) is 0 Å². The van der Waals surface area contributed by atoms with Crippen LogP contribution in [0.4, 0.5) is 14.7 Å². The summed E-state index contributed by atoms with van der Waals surface area (Å²) in [5.41, 5.74) is 5.55. The van der Waals surface area contributed by atoms with Crippen molar-refractivity contribution in [2.24, 2.45) is 0 Å². The first-order valence-electron chi connectivity index (χ1n) is 5.74. The molecule has 0 unspecified atom stereocenters. The molecule has 3 aromatic rings. The lowest BCUT2D eigenvalue weighted by molar-refractivity contribution is 0.406. The number of aromatic nitrogens is 5. The van der Waals surface area contributed by atoms with Crippen LogP contribution in [0.2, 0.25) is 0 Å². The topological polar surface area (TPSA) is 91.7 Å². The maximum Gasteiger partial charge on any atom is 0.328 e. The summed E-state index contributed by atoms with van der Waals surface area (Å²) in [5, 5.41) is 0. The maximum atomic E-state index is 13.5. The molecule has 0 saturated heterocycles. The molecule has 0 radical (unpaired) electrons. The predicted molar refractivity (Wildman–Crippen MR) is 67.8 cm³/mol. The fraction of sp³-hybridized carbons (Fsp3) is 0. The van der Waals surface area contributed by atoms with Crippen molar-refractivity contribution in [1.29, 1.82) is 0 Å². The molecule has 106 valence electrons. The molecule has 0 saturated carbocycles. The highest BCUT2D eigenvalue weighted by Crippen LogP contribution is 2.23. The summed E-state index contributed by atoms with van der Waals surface area (Å²) in [6.07, 6.45) is 4.58. The number of rotatable bonds is 3. The van der Waals surface area contributed by atoms with E-state index in [1.807, 2.05) is 0 Å². The van der Waals surface area contributed by atoms with Crippen molar-refractivity contribution < 1.29 is 13.5 Å². The lowest BCUT2D eigenvalue weighted by Crippen LogP contribution is -2.06. The summed E-state index contributed by atoms with van der Waals surface area (Å²) in [6, 6.07) is 2.66. The number of anilines is 1. The second-order valence-corrected chi connectivity index (χ2v) is 3.92. The van der Waals surface area contributed by atoms with Crippen molar-refractivity contribution >= 4 is 5.95 Å². The van der Waals surface area contributed by atoms with Crippen molar-refractivity contribution in [2.45, 2.75) is 0 Å². The average Bonchev–Trinajstić information content (AvgIpc) is 2.95. The van der Waals surface area contributed by atoms with E-state index < -0.39 is 11.6 Å². The Morgan fingerprint density at radius 2 is 2.00 bits per heavy atom. The van der Waals surface area contributed by atoms with Gasteiger partial charge in [0.25, 0.3) is 0 Å². The zero-order chi connectivity index (χ0) is 14.8. The molecule has 7 nitrogen and oxygen atoms in total. The van der Waals surface area contributed by atoms with Gasteiger partial charge in [0.1, 0.15) is 12.1 Å². The van der Waals surface area contributed by atoms with Crippen molar-refractivity contribution in [1.82, 2.24) is 24.5 Å². The molecule has 21 heavy (non-hydrogen) atoms. The molecule has 0 aliphatic heterocycles. The van der Waals surface area contributed by atoms with Crippen LogP contribution in [0.1, 0.15) is 0 Å². The van der Waals surface area contributed by atoms with Crippen molar-refractivity contribution in [3.63, 3.8) is 0 Å². The highest BCUT2D eigenvalue weighted by Gasteiger charge is 2.11. The summed E-state index contributed by atoms with van der Waals surface area (Å²) in [5.74, 6) is -1.75. The van der Waals surface area contributed by atoms with E-state index in [9.17, 15) is 8.78 Å². The van der Waals surface area contributed by atoms with Crippen LogP contribution in [0.25, 0.3) is 5.95 Å². The second kappa shape index (κ2) is 5.12. The van der Waals surface area contributed by atoms with Crippen LogP contribution < -0.4 is 10.5 Å². The highest BCUT2D eigenvalue weighted by atomic mass is 19.1. The second-order valence-electron chi connectivity index (χ2n) is 3.92. The molecule has 3 rings (SSSR count). The van der Waals surface area contributed by atoms with Gasteiger partial charge in [-0.2, -0.15) is 15.0 Å². The third-order valence-corrected chi connectivity index (χ3v) is 2.45. The van der Waals surface area contributed by atoms with Gasteiger partial charge in [0, 0.05) is 18.5 Å². The summed E-state index contributed by atoms with van der Waals surface area (Å²) in [4.78, 5) is 15.5. The number of hydrogen-bond acceptors (Lipinski definition) is 6. The minimum absolute atomic E-state index is 0.105. The van der Waals surface area contributed by atoms with E-state index in [0.29, 0.717) is 6.07 Å². The minimum Gasteiger partial charge on any atom is -0.421 e. The van der Waals surface area contributed by atoms with E-state index in [1.165, 1.54) is 17.1 Å². The number of ether oxygens (including phenoxy) is 1. The number of benzene rings is 1. The zero-order valence-corrected chi connectivity index (χ0v) is 10.4. The molecule has 9 heteroatoms. The fourth-order valence-corrected chi connectivity index (χ4v) is 1.56. The molecule has 2 aromatic heterocycles. The van der Waals surface area contributed by atoms with Gasteiger partial charge in [-0.15, -0.1) is 0 Å². The third kappa shape index (κ3) is 2.76. The maximum absolute atomic E-state index is 13.5. The van der Waals surface area contributed by atoms with Crippen LogP contribution in [-0.4, -0.2) is 24.5 Å². The summed E-state index contributed by atoms with van der Waals surface area (Å²) in [7, 11) is 0. The molecule has 0 amide bonds. The van der Waals surface area contributed by atoms with E-state index in [1.54, 1.807) is 6.20 Å². The lowest BCUT2D eigenvalue weighted by atomic mass is 10.3. The molecule has 2 heterocycles. The Morgan fingerprint density at radius 1 is 1.14 bits per heavy atom. The summed E-state index contributed by atoms with van der Waals surface area (Å²) < 4.78 is 33.0. The minimum atomic E-state index is -0.877. The Kier molecular flexibility index (Phi) is 3.14. The normalized spacial score (nSPS) is 10.6. The van der Waals surface area contributed by atoms with Crippen LogP contribution in [0, 0.1) is 11.6 Å². The van der Waals surface area contributed by atoms with E-state index in [0.717, 1.165) is 12.1 Å². The lowest BCUT2D eigenvalue weighted by Gasteiger charge is -2.07. The van der Waals surface area contributed by atoms with Gasteiger partial charge in [-0.1, -0.05) is 0 Å². The quantitative estimate of drug-likeness (QED) is 0.789. The largest absolute Gasteiger partial charge is 0.421 e. The first-order valence-corrected chi connectivity index (χ1v) is 5.74. The number of nitrogen functional groups attached to an aromatic ring is 1. The Morgan fingerprint density at radius 3 is 2.71 bits per heavy atom. The van der Waals surface area contributed by atoms with E-state index >= 15 is 0 Å². The average molecular weight is 290 g/mol. The van der Waals surface area contributed by atoms with E-state index in [4.69, 9.17) is 10.5 Å². The number of hydrogen-bond donors (Lipinski definition) is 1. The fourth-order valence-electron chi connectivity index (χ4n) is 1.56. The number of imidazole rings is 1. The zero-order valence-electron chi connectivity index (χ0n) is 10.4. The number of nitrogens with two attached hydrogens (primary N) is 1. The summed E-state index contributed by atoms with van der Waals surface area (Å²) in [6.45, 7) is 0.